The average molecular weight is 485 g/mol. The molecule has 192 valence electrons. The first kappa shape index (κ1) is 24.4. The van der Waals surface area contributed by atoms with Crippen LogP contribution >= 0.6 is 0 Å². The summed E-state index contributed by atoms with van der Waals surface area (Å²) in [5.74, 6) is -0.00687. The number of carbonyl (C=O) groups excluding carboxylic acids is 1. The van der Waals surface area contributed by atoms with Crippen molar-refractivity contribution in [2.75, 3.05) is 46.4 Å². The van der Waals surface area contributed by atoms with Crippen LogP contribution in [0.1, 0.15) is 46.5 Å². The molecule has 1 unspecified atom stereocenters. The number of allylic oxidation sites excluding steroid dienone is 1. The highest BCUT2D eigenvalue weighted by molar-refractivity contribution is 5.69. The van der Waals surface area contributed by atoms with Crippen LogP contribution in [-0.4, -0.2) is 98.3 Å². The van der Waals surface area contributed by atoms with E-state index in [1.165, 1.54) is 5.57 Å². The molecular formula is C25H38F2N2O5. The van der Waals surface area contributed by atoms with Crippen molar-refractivity contribution in [1.29, 1.82) is 0 Å². The second-order valence-electron chi connectivity index (χ2n) is 11.5. The van der Waals surface area contributed by atoms with Crippen LogP contribution in [0, 0.1) is 11.3 Å². The van der Waals surface area contributed by atoms with Crippen LogP contribution in [0.25, 0.3) is 0 Å². The summed E-state index contributed by atoms with van der Waals surface area (Å²) in [4.78, 5) is 16.5. The molecule has 6 atom stereocenters. The molecule has 1 saturated carbocycles. The van der Waals surface area contributed by atoms with Gasteiger partial charge in [0.25, 0.3) is 6.43 Å². The smallest absolute Gasteiger partial charge is 0.410 e. The van der Waals surface area contributed by atoms with E-state index in [9.17, 15) is 13.6 Å². The predicted octanol–water partition coefficient (Wildman–Crippen LogP) is 3.47. The summed E-state index contributed by atoms with van der Waals surface area (Å²) in [6, 6.07) is 0. The van der Waals surface area contributed by atoms with Gasteiger partial charge in [-0.2, -0.15) is 0 Å². The van der Waals surface area contributed by atoms with Crippen molar-refractivity contribution >= 4 is 6.09 Å². The molecule has 4 saturated heterocycles. The monoisotopic (exact) mass is 484 g/mol. The fraction of sp³-hybridized carbons (Fsp3) is 0.880. The number of halogens is 2. The molecular weight excluding hydrogens is 446 g/mol. The molecule has 0 aromatic rings. The van der Waals surface area contributed by atoms with Gasteiger partial charge in [-0.3, -0.25) is 4.90 Å². The Morgan fingerprint density at radius 1 is 1.24 bits per heavy atom. The number of rotatable bonds is 7. The maximum atomic E-state index is 13.0. The van der Waals surface area contributed by atoms with Crippen molar-refractivity contribution in [2.45, 2.75) is 82.4 Å². The van der Waals surface area contributed by atoms with E-state index in [2.05, 4.69) is 26.8 Å². The molecule has 9 heteroatoms. The van der Waals surface area contributed by atoms with E-state index in [-0.39, 0.29) is 53.5 Å². The van der Waals surface area contributed by atoms with Gasteiger partial charge >= 0.3 is 6.09 Å². The first-order chi connectivity index (χ1) is 16.1. The van der Waals surface area contributed by atoms with Gasteiger partial charge in [0.2, 0.25) is 0 Å². The number of hydrogen-bond acceptors (Lipinski definition) is 6. The van der Waals surface area contributed by atoms with Crippen molar-refractivity contribution < 1.29 is 32.5 Å². The Bertz CT molecular complexity index is 824. The largest absolute Gasteiger partial charge is 0.443 e. The zero-order valence-electron chi connectivity index (χ0n) is 20.7. The maximum absolute atomic E-state index is 13.0. The first-order valence-corrected chi connectivity index (χ1v) is 12.5. The number of ether oxygens (including phenoxy) is 4. The van der Waals surface area contributed by atoms with E-state index in [0.29, 0.717) is 39.2 Å². The molecule has 5 rings (SSSR count). The van der Waals surface area contributed by atoms with Crippen LogP contribution in [0.15, 0.2) is 11.6 Å². The summed E-state index contributed by atoms with van der Waals surface area (Å²) in [7, 11) is 1.67. The van der Waals surface area contributed by atoms with Gasteiger partial charge in [0, 0.05) is 32.2 Å². The molecule has 0 bridgehead atoms. The van der Waals surface area contributed by atoms with Gasteiger partial charge in [0.15, 0.2) is 0 Å². The van der Waals surface area contributed by atoms with E-state index < -0.39 is 6.43 Å². The van der Waals surface area contributed by atoms with Gasteiger partial charge < -0.3 is 23.8 Å². The molecule has 0 aromatic heterocycles. The summed E-state index contributed by atoms with van der Waals surface area (Å²) in [6.07, 6.45) is 2.19. The molecule has 1 amide bonds. The Morgan fingerprint density at radius 2 is 1.97 bits per heavy atom. The third-order valence-electron chi connectivity index (χ3n) is 8.71. The zero-order chi connectivity index (χ0) is 24.3. The van der Waals surface area contributed by atoms with Gasteiger partial charge in [-0.25, -0.2) is 13.6 Å². The van der Waals surface area contributed by atoms with Crippen molar-refractivity contribution in [3.63, 3.8) is 0 Å². The van der Waals surface area contributed by atoms with Crippen molar-refractivity contribution in [2.24, 2.45) is 11.3 Å². The van der Waals surface area contributed by atoms with E-state index in [4.69, 9.17) is 18.9 Å². The van der Waals surface area contributed by atoms with Gasteiger partial charge in [-0.1, -0.05) is 11.6 Å². The lowest BCUT2D eigenvalue weighted by molar-refractivity contribution is -0.127. The Hall–Kier alpha value is -1.29. The molecule has 2 spiro atoms. The third-order valence-corrected chi connectivity index (χ3v) is 8.71. The zero-order valence-corrected chi connectivity index (χ0v) is 20.7. The van der Waals surface area contributed by atoms with Crippen LogP contribution in [0.2, 0.25) is 0 Å². The van der Waals surface area contributed by atoms with Crippen molar-refractivity contribution in [3.05, 3.63) is 11.6 Å². The lowest BCUT2D eigenvalue weighted by Gasteiger charge is -2.48. The van der Waals surface area contributed by atoms with Crippen molar-refractivity contribution in [3.8, 4) is 0 Å². The minimum Gasteiger partial charge on any atom is -0.443 e. The molecule has 0 N–H and O–H groups in total. The van der Waals surface area contributed by atoms with Crippen LogP contribution < -0.4 is 0 Å². The molecule has 4 aliphatic heterocycles. The lowest BCUT2D eigenvalue weighted by Crippen LogP contribution is -2.61. The number of carbonyl (C=O) groups is 1. The molecule has 0 radical (unpaired) electrons. The number of methoxy groups -OCH3 is 1. The Labute approximate surface area is 200 Å². The molecule has 0 aromatic carbocycles. The highest BCUT2D eigenvalue weighted by Crippen LogP contribution is 2.59. The van der Waals surface area contributed by atoms with E-state index in [1.807, 2.05) is 0 Å². The number of likely N-dealkylation sites (tertiary alicyclic amines) is 2. The minimum atomic E-state index is -2.32. The lowest BCUT2D eigenvalue weighted by atomic mass is 9.68. The molecule has 4 heterocycles. The van der Waals surface area contributed by atoms with Gasteiger partial charge in [0.1, 0.15) is 23.4 Å². The van der Waals surface area contributed by atoms with Gasteiger partial charge in [0.05, 0.1) is 25.2 Å². The SMILES string of the molecule is CO[C@H]1C([C@@]2(C)O[C@@H]2CC=C(C)C)[C@]2(CC[C@H]1OC(=O)N1CC3(CCN(CC(F)F)C3)C1)CO2. The predicted molar refractivity (Wildman–Crippen MR) is 121 cm³/mol. The van der Waals surface area contributed by atoms with E-state index in [1.54, 1.807) is 16.9 Å². The summed E-state index contributed by atoms with van der Waals surface area (Å²) in [6.45, 7) is 9.22. The Kier molecular flexibility index (Phi) is 6.23. The fourth-order valence-electron chi connectivity index (χ4n) is 6.80. The molecule has 34 heavy (non-hydrogen) atoms. The average Bonchev–Trinajstić information content (AvgIpc) is 3.61. The fourth-order valence-corrected chi connectivity index (χ4v) is 6.80. The van der Waals surface area contributed by atoms with Gasteiger partial charge in [-0.15, -0.1) is 0 Å². The van der Waals surface area contributed by atoms with Crippen LogP contribution in [0.3, 0.4) is 0 Å². The Morgan fingerprint density at radius 3 is 2.59 bits per heavy atom. The second-order valence-corrected chi connectivity index (χ2v) is 11.5. The topological polar surface area (TPSA) is 67.1 Å². The number of epoxide rings is 2. The molecule has 1 aliphatic carbocycles. The first-order valence-electron chi connectivity index (χ1n) is 12.5. The van der Waals surface area contributed by atoms with E-state index in [0.717, 1.165) is 19.3 Å². The number of amides is 1. The summed E-state index contributed by atoms with van der Waals surface area (Å²) in [5.41, 5.74) is 0.577. The van der Waals surface area contributed by atoms with Crippen LogP contribution in [0.5, 0.6) is 0 Å². The standard InChI is InChI=1S/C25H38F2N2O5/c1-16(2)5-6-18-23(3,34-18)21-20(31-4)17(7-8-25(21)15-32-25)33-22(30)29-13-24(14-29)9-10-28(12-24)11-19(26)27/h5,17-21H,6-15H2,1-4H3/t17-,18-,20-,21?,23+,25+/m1/s1. The molecule has 7 nitrogen and oxygen atoms in total. The maximum Gasteiger partial charge on any atom is 0.410 e. The minimum absolute atomic E-state index is 0.00687. The third kappa shape index (κ3) is 4.38. The summed E-state index contributed by atoms with van der Waals surface area (Å²) >= 11 is 0. The molecule has 5 fully saturated rings. The number of alkyl halides is 2. The molecule has 5 aliphatic rings. The highest BCUT2D eigenvalue weighted by atomic mass is 19.3. The second kappa shape index (κ2) is 8.68. The number of nitrogens with zero attached hydrogens (tertiary/aromatic N) is 2. The van der Waals surface area contributed by atoms with Gasteiger partial charge in [-0.05, 0) is 53.0 Å². The normalized spacial score (nSPS) is 40.5. The van der Waals surface area contributed by atoms with Crippen LogP contribution in [-0.2, 0) is 18.9 Å². The van der Waals surface area contributed by atoms with Crippen LogP contribution in [0.4, 0.5) is 13.6 Å². The summed E-state index contributed by atoms with van der Waals surface area (Å²) < 4.78 is 49.6. The number of hydrogen-bond donors (Lipinski definition) is 0. The van der Waals surface area contributed by atoms with E-state index >= 15 is 0 Å². The highest BCUT2D eigenvalue weighted by Gasteiger charge is 2.72. The van der Waals surface area contributed by atoms with Crippen molar-refractivity contribution in [1.82, 2.24) is 9.80 Å². The summed E-state index contributed by atoms with van der Waals surface area (Å²) in [5, 5.41) is 0. The Balaban J connectivity index is 1.20. The quantitative estimate of drug-likeness (QED) is 0.407.